The molecule has 2 fully saturated rings. The lowest BCUT2D eigenvalue weighted by Crippen LogP contribution is -2.51. The molecule has 2 saturated heterocycles. The number of hydrogen-bond donors (Lipinski definition) is 1. The molecule has 4 rings (SSSR count). The number of nitrogens with two attached hydrogens (primary N) is 1. The molecule has 0 saturated carbocycles. The van der Waals surface area contributed by atoms with Crippen LogP contribution < -0.4 is 16.2 Å². The minimum Gasteiger partial charge on any atom is -0.376 e. The van der Waals surface area contributed by atoms with Gasteiger partial charge >= 0.3 is 0 Å². The van der Waals surface area contributed by atoms with Crippen molar-refractivity contribution < 1.29 is 4.74 Å². The average Bonchev–Trinajstić information content (AvgIpc) is 2.97. The first-order valence-electron chi connectivity index (χ1n) is 10.2. The maximum Gasteiger partial charge on any atom is 0.262 e. The summed E-state index contributed by atoms with van der Waals surface area (Å²) in [4.78, 5) is 20.3. The molecule has 6 nitrogen and oxygen atoms in total. The van der Waals surface area contributed by atoms with E-state index in [0.29, 0.717) is 27.9 Å². The highest BCUT2D eigenvalue weighted by Gasteiger charge is 2.47. The Labute approximate surface area is 181 Å². The zero-order valence-electron chi connectivity index (χ0n) is 17.2. The highest BCUT2D eigenvalue weighted by atomic mass is 35.5. The molecule has 1 spiro atoms. The first kappa shape index (κ1) is 20.9. The molecular weight excluding hydrogens is 411 g/mol. The second kappa shape index (κ2) is 7.73. The topological polar surface area (TPSA) is 73.4 Å². The molecular formula is C21H28Cl2N4O2. The summed E-state index contributed by atoms with van der Waals surface area (Å²) in [7, 11) is 0. The van der Waals surface area contributed by atoms with E-state index in [4.69, 9.17) is 38.7 Å². The van der Waals surface area contributed by atoms with Crippen molar-refractivity contribution in [2.45, 2.75) is 58.6 Å². The third kappa shape index (κ3) is 3.44. The lowest BCUT2D eigenvalue weighted by atomic mass is 9.73. The number of hydrogen-bond acceptors (Lipinski definition) is 5. The summed E-state index contributed by atoms with van der Waals surface area (Å²) < 4.78 is 7.43. The van der Waals surface area contributed by atoms with E-state index in [9.17, 15) is 4.79 Å². The molecule has 3 aliphatic rings. The summed E-state index contributed by atoms with van der Waals surface area (Å²) in [5.41, 5.74) is 7.75. The molecule has 1 aromatic heterocycles. The van der Waals surface area contributed by atoms with Crippen molar-refractivity contribution in [3.8, 4) is 0 Å². The van der Waals surface area contributed by atoms with Crippen LogP contribution in [0.25, 0.3) is 5.70 Å². The summed E-state index contributed by atoms with van der Waals surface area (Å²) in [6.07, 6.45) is 5.29. The Kier molecular flexibility index (Phi) is 5.57. The Morgan fingerprint density at radius 1 is 1.28 bits per heavy atom. The van der Waals surface area contributed by atoms with E-state index in [1.54, 1.807) is 4.57 Å². The SMILES string of the molecule is Cc1c(N2CCC3(CC2)CO[C@@H](C)[C@H]3N)nc(C)n(C2=C(Cl)C(Cl)=CCC2)c1=O. The van der Waals surface area contributed by atoms with Crippen LogP contribution in [-0.2, 0) is 4.74 Å². The van der Waals surface area contributed by atoms with Gasteiger partial charge in [0.25, 0.3) is 5.56 Å². The van der Waals surface area contributed by atoms with Gasteiger partial charge in [0, 0.05) is 30.2 Å². The molecule has 2 N–H and O–H groups in total. The third-order valence-electron chi connectivity index (χ3n) is 6.79. The van der Waals surface area contributed by atoms with Crippen LogP contribution >= 0.6 is 23.2 Å². The Morgan fingerprint density at radius 3 is 2.59 bits per heavy atom. The maximum absolute atomic E-state index is 13.3. The number of allylic oxidation sites excluding steroid dienone is 4. The fourth-order valence-corrected chi connectivity index (χ4v) is 5.32. The standard InChI is InChI=1S/C21H28Cl2N4O2/c1-12-19(26-9-7-21(8-10-26)11-29-13(2)18(21)24)25-14(3)27(20(12)28)16-6-4-5-15(22)17(16)23/h5,13,18H,4,6-11,24H2,1-3H3/t13-,18+/m0/s1. The second-order valence-electron chi connectivity index (χ2n) is 8.49. The minimum absolute atomic E-state index is 0.0391. The highest BCUT2D eigenvalue weighted by Crippen LogP contribution is 2.42. The molecule has 1 aliphatic carbocycles. The zero-order valence-corrected chi connectivity index (χ0v) is 18.7. The van der Waals surface area contributed by atoms with Crippen molar-refractivity contribution in [3.05, 3.63) is 37.9 Å². The molecule has 8 heteroatoms. The van der Waals surface area contributed by atoms with Crippen molar-refractivity contribution in [2.24, 2.45) is 11.1 Å². The Bertz CT molecular complexity index is 945. The summed E-state index contributed by atoms with van der Waals surface area (Å²) in [5, 5.41) is 0.924. The van der Waals surface area contributed by atoms with Gasteiger partial charge in [-0.2, -0.15) is 0 Å². The van der Waals surface area contributed by atoms with Crippen LogP contribution in [-0.4, -0.2) is 41.4 Å². The van der Waals surface area contributed by atoms with Gasteiger partial charge in [-0.05, 0) is 46.5 Å². The van der Waals surface area contributed by atoms with Gasteiger partial charge in [-0.15, -0.1) is 0 Å². The summed E-state index contributed by atoms with van der Waals surface area (Å²) in [6.45, 7) is 8.09. The molecule has 158 valence electrons. The number of rotatable bonds is 2. The van der Waals surface area contributed by atoms with Gasteiger partial charge in [0.2, 0.25) is 0 Å². The van der Waals surface area contributed by atoms with Crippen LogP contribution in [0.5, 0.6) is 0 Å². The quantitative estimate of drug-likeness (QED) is 0.764. The Hall–Kier alpha value is -1.34. The van der Waals surface area contributed by atoms with Gasteiger partial charge in [-0.3, -0.25) is 9.36 Å². The van der Waals surface area contributed by atoms with Gasteiger partial charge in [0.15, 0.2) is 0 Å². The van der Waals surface area contributed by atoms with Crippen LogP contribution in [0.2, 0.25) is 0 Å². The Balaban J connectivity index is 1.64. The summed E-state index contributed by atoms with van der Waals surface area (Å²) in [5.74, 6) is 1.39. The van der Waals surface area contributed by atoms with E-state index in [1.165, 1.54) is 0 Å². The molecule has 0 radical (unpaired) electrons. The van der Waals surface area contributed by atoms with E-state index in [1.807, 2.05) is 26.8 Å². The van der Waals surface area contributed by atoms with E-state index in [0.717, 1.165) is 50.5 Å². The first-order chi connectivity index (χ1) is 13.7. The average molecular weight is 439 g/mol. The molecule has 0 unspecified atom stereocenters. The fourth-order valence-electron chi connectivity index (χ4n) is 4.84. The molecule has 2 atom stereocenters. The predicted octanol–water partition coefficient (Wildman–Crippen LogP) is 3.52. The van der Waals surface area contributed by atoms with Crippen LogP contribution in [0, 0.1) is 19.3 Å². The molecule has 29 heavy (non-hydrogen) atoms. The molecule has 2 aliphatic heterocycles. The van der Waals surface area contributed by atoms with Crippen molar-refractivity contribution in [1.82, 2.24) is 9.55 Å². The number of anilines is 1. The van der Waals surface area contributed by atoms with Gasteiger partial charge in [-0.25, -0.2) is 4.98 Å². The Morgan fingerprint density at radius 2 is 1.97 bits per heavy atom. The zero-order chi connectivity index (χ0) is 20.9. The fraction of sp³-hybridized carbons (Fsp3) is 0.619. The van der Waals surface area contributed by atoms with Crippen molar-refractivity contribution in [3.63, 3.8) is 0 Å². The third-order valence-corrected chi connectivity index (χ3v) is 7.66. The number of piperidine rings is 1. The van der Waals surface area contributed by atoms with Crippen molar-refractivity contribution in [1.29, 1.82) is 0 Å². The van der Waals surface area contributed by atoms with Gasteiger partial charge in [-0.1, -0.05) is 29.3 Å². The normalized spacial score (nSPS) is 27.0. The molecule has 0 aromatic carbocycles. The molecule has 3 heterocycles. The second-order valence-corrected chi connectivity index (χ2v) is 9.28. The lowest BCUT2D eigenvalue weighted by Gasteiger charge is -2.42. The van der Waals surface area contributed by atoms with Crippen molar-refractivity contribution in [2.75, 3.05) is 24.6 Å². The number of aryl methyl sites for hydroxylation is 1. The lowest BCUT2D eigenvalue weighted by molar-refractivity contribution is 0.0974. The van der Waals surface area contributed by atoms with Crippen molar-refractivity contribution >= 4 is 34.7 Å². The highest BCUT2D eigenvalue weighted by molar-refractivity contribution is 6.45. The first-order valence-corrected chi connectivity index (χ1v) is 11.0. The van der Waals surface area contributed by atoms with Gasteiger partial charge < -0.3 is 15.4 Å². The van der Waals surface area contributed by atoms with Crippen LogP contribution in [0.15, 0.2) is 20.9 Å². The van der Waals surface area contributed by atoms with Crippen LogP contribution in [0.1, 0.15) is 44.0 Å². The maximum atomic E-state index is 13.3. The number of halogens is 2. The minimum atomic E-state index is -0.0816. The molecule has 0 amide bonds. The molecule has 0 bridgehead atoms. The summed E-state index contributed by atoms with van der Waals surface area (Å²) in [6, 6.07) is 0.0617. The van der Waals surface area contributed by atoms with E-state index in [-0.39, 0.29) is 23.1 Å². The van der Waals surface area contributed by atoms with Gasteiger partial charge in [0.05, 0.1) is 28.3 Å². The monoisotopic (exact) mass is 438 g/mol. The summed E-state index contributed by atoms with van der Waals surface area (Å²) >= 11 is 12.6. The smallest absolute Gasteiger partial charge is 0.262 e. The van der Waals surface area contributed by atoms with Crippen LogP contribution in [0.3, 0.4) is 0 Å². The number of nitrogens with zero attached hydrogens (tertiary/aromatic N) is 3. The van der Waals surface area contributed by atoms with Gasteiger partial charge in [0.1, 0.15) is 11.6 Å². The largest absolute Gasteiger partial charge is 0.376 e. The van der Waals surface area contributed by atoms with Crippen LogP contribution in [0.4, 0.5) is 5.82 Å². The number of ether oxygens (including phenoxy) is 1. The molecule has 1 aromatic rings. The van der Waals surface area contributed by atoms with E-state index < -0.39 is 0 Å². The van der Waals surface area contributed by atoms with E-state index >= 15 is 0 Å². The van der Waals surface area contributed by atoms with E-state index in [2.05, 4.69) is 4.90 Å². The number of aromatic nitrogens is 2. The predicted molar refractivity (Wildman–Crippen MR) is 117 cm³/mol.